The van der Waals surface area contributed by atoms with Crippen molar-refractivity contribution < 1.29 is 18.7 Å². The van der Waals surface area contributed by atoms with E-state index in [2.05, 4.69) is 30.9 Å². The molecule has 0 aromatic heterocycles. The first-order valence-corrected chi connectivity index (χ1v) is 11.7. The Morgan fingerprint density at radius 1 is 1.09 bits per heavy atom. The van der Waals surface area contributed by atoms with Gasteiger partial charge in [-0.3, -0.25) is 9.69 Å². The van der Waals surface area contributed by atoms with E-state index in [1.54, 1.807) is 0 Å². The van der Waals surface area contributed by atoms with Crippen LogP contribution in [0, 0.1) is 12.7 Å². The maximum absolute atomic E-state index is 13.2. The summed E-state index contributed by atoms with van der Waals surface area (Å²) in [7, 11) is 0. The van der Waals surface area contributed by atoms with Crippen molar-refractivity contribution in [2.24, 2.45) is 0 Å². The van der Waals surface area contributed by atoms with E-state index in [4.69, 9.17) is 9.47 Å². The monoisotopic (exact) mass is 457 g/mol. The zero-order valence-corrected chi connectivity index (χ0v) is 19.7. The van der Waals surface area contributed by atoms with Crippen molar-refractivity contribution in [1.29, 1.82) is 0 Å². The maximum Gasteiger partial charge on any atom is 0.232 e. The van der Waals surface area contributed by atoms with Gasteiger partial charge >= 0.3 is 0 Å². The molecule has 2 aliphatic rings. The minimum atomic E-state index is -0.230. The SMILES string of the molecule is Cc1cc2c(c3c1C(=O)/C(=C\c1ccc(C(C)C)cc1)O3)CN(CCc1ccc(F)cc1)CO2. The Morgan fingerprint density at radius 3 is 2.53 bits per heavy atom. The van der Waals surface area contributed by atoms with Crippen LogP contribution in [0.25, 0.3) is 6.08 Å². The normalized spacial score (nSPS) is 16.4. The molecular formula is C29H28FNO3. The Kier molecular flexibility index (Phi) is 5.96. The molecule has 0 aliphatic carbocycles. The zero-order chi connectivity index (χ0) is 23.8. The number of Topliss-reactive ketones (excluding diaryl/α,β-unsaturated/α-hetero) is 1. The number of halogens is 1. The van der Waals surface area contributed by atoms with Gasteiger partial charge in [0.1, 0.15) is 24.0 Å². The van der Waals surface area contributed by atoms with Crippen molar-refractivity contribution in [2.45, 2.75) is 39.7 Å². The van der Waals surface area contributed by atoms with Crippen LogP contribution < -0.4 is 9.47 Å². The van der Waals surface area contributed by atoms with Crippen molar-refractivity contribution >= 4 is 11.9 Å². The zero-order valence-electron chi connectivity index (χ0n) is 19.7. The molecule has 0 saturated heterocycles. The highest BCUT2D eigenvalue weighted by Gasteiger charge is 2.35. The largest absolute Gasteiger partial charge is 0.478 e. The smallest absolute Gasteiger partial charge is 0.232 e. The molecular weight excluding hydrogens is 429 g/mol. The predicted molar refractivity (Wildman–Crippen MR) is 131 cm³/mol. The highest BCUT2D eigenvalue weighted by atomic mass is 19.1. The Morgan fingerprint density at radius 2 is 1.82 bits per heavy atom. The van der Waals surface area contributed by atoms with E-state index < -0.39 is 0 Å². The molecule has 2 aliphatic heterocycles. The molecule has 4 nitrogen and oxygen atoms in total. The first-order chi connectivity index (χ1) is 16.4. The molecule has 2 heterocycles. The maximum atomic E-state index is 13.2. The Labute approximate surface area is 199 Å². The van der Waals surface area contributed by atoms with Crippen molar-refractivity contribution in [3.63, 3.8) is 0 Å². The fourth-order valence-electron chi connectivity index (χ4n) is 4.49. The molecule has 5 rings (SSSR count). The third-order valence-corrected chi connectivity index (χ3v) is 6.52. The second kappa shape index (κ2) is 9.07. The second-order valence-electron chi connectivity index (χ2n) is 9.34. The minimum absolute atomic E-state index is 0.0910. The molecule has 3 aromatic carbocycles. The predicted octanol–water partition coefficient (Wildman–Crippen LogP) is 6.27. The van der Waals surface area contributed by atoms with E-state index in [1.807, 2.05) is 43.3 Å². The summed E-state index contributed by atoms with van der Waals surface area (Å²) in [5.41, 5.74) is 5.64. The van der Waals surface area contributed by atoms with Crippen LogP contribution >= 0.6 is 0 Å². The number of hydrogen-bond acceptors (Lipinski definition) is 4. The lowest BCUT2D eigenvalue weighted by atomic mass is 9.98. The van der Waals surface area contributed by atoms with E-state index in [9.17, 15) is 9.18 Å². The number of nitrogens with zero attached hydrogens (tertiary/aromatic N) is 1. The van der Waals surface area contributed by atoms with Crippen LogP contribution in [0.3, 0.4) is 0 Å². The number of ether oxygens (including phenoxy) is 2. The molecule has 3 aromatic rings. The van der Waals surface area contributed by atoms with Crippen LogP contribution in [0.15, 0.2) is 60.4 Å². The first-order valence-electron chi connectivity index (χ1n) is 11.7. The molecule has 0 radical (unpaired) electrons. The van der Waals surface area contributed by atoms with Crippen molar-refractivity contribution in [2.75, 3.05) is 13.3 Å². The lowest BCUT2D eigenvalue weighted by Crippen LogP contribution is -2.33. The first kappa shape index (κ1) is 22.4. The lowest BCUT2D eigenvalue weighted by Gasteiger charge is -2.30. The molecule has 0 fully saturated rings. The number of benzene rings is 3. The van der Waals surface area contributed by atoms with Gasteiger partial charge in [0.15, 0.2) is 5.76 Å². The van der Waals surface area contributed by atoms with E-state index in [0.29, 0.717) is 36.3 Å². The Bertz CT molecular complexity index is 1260. The minimum Gasteiger partial charge on any atom is -0.478 e. The molecule has 0 atom stereocenters. The van der Waals surface area contributed by atoms with E-state index >= 15 is 0 Å². The quantitative estimate of drug-likeness (QED) is 0.424. The number of rotatable bonds is 5. The summed E-state index contributed by atoms with van der Waals surface area (Å²) in [4.78, 5) is 15.4. The van der Waals surface area contributed by atoms with Crippen LogP contribution in [-0.2, 0) is 13.0 Å². The van der Waals surface area contributed by atoms with Gasteiger partial charge in [0.2, 0.25) is 5.78 Å². The second-order valence-corrected chi connectivity index (χ2v) is 9.34. The van der Waals surface area contributed by atoms with E-state index in [-0.39, 0.29) is 11.6 Å². The van der Waals surface area contributed by atoms with Crippen LogP contribution in [0.1, 0.15) is 57.9 Å². The van der Waals surface area contributed by atoms with Gasteiger partial charge in [0.05, 0.1) is 11.1 Å². The molecule has 0 bridgehead atoms. The third-order valence-electron chi connectivity index (χ3n) is 6.52. The molecule has 5 heteroatoms. The van der Waals surface area contributed by atoms with E-state index in [1.165, 1.54) is 17.7 Å². The summed E-state index contributed by atoms with van der Waals surface area (Å²) in [6, 6.07) is 16.7. The standard InChI is InChI=1S/C29H28FNO3/c1-18(2)22-8-4-21(5-9-22)15-26-28(32)27-19(3)14-25-24(29(27)34-26)16-31(17-33-25)13-12-20-6-10-23(30)11-7-20/h4-11,14-15,18H,12-13,16-17H2,1-3H3/b26-15+. The number of fused-ring (bicyclic) bond motifs is 3. The summed E-state index contributed by atoms with van der Waals surface area (Å²) < 4.78 is 25.4. The summed E-state index contributed by atoms with van der Waals surface area (Å²) >= 11 is 0. The van der Waals surface area contributed by atoms with Gasteiger partial charge < -0.3 is 9.47 Å². The number of ketones is 1. The van der Waals surface area contributed by atoms with Crippen molar-refractivity contribution in [3.8, 4) is 11.5 Å². The van der Waals surface area contributed by atoms with Gasteiger partial charge in [-0.15, -0.1) is 0 Å². The number of hydrogen-bond donors (Lipinski definition) is 0. The molecule has 34 heavy (non-hydrogen) atoms. The van der Waals surface area contributed by atoms with Gasteiger partial charge in [-0.2, -0.15) is 0 Å². The topological polar surface area (TPSA) is 38.8 Å². The van der Waals surface area contributed by atoms with Crippen molar-refractivity contribution in [3.05, 3.63) is 99.6 Å². The number of aryl methyl sites for hydroxylation is 1. The third kappa shape index (κ3) is 4.36. The number of allylic oxidation sites excluding steroid dienone is 1. The van der Waals surface area contributed by atoms with Gasteiger partial charge in [-0.25, -0.2) is 4.39 Å². The molecule has 0 saturated carbocycles. The van der Waals surface area contributed by atoms with Crippen LogP contribution in [0.2, 0.25) is 0 Å². The number of carbonyl (C=O) groups is 1. The summed E-state index contributed by atoms with van der Waals surface area (Å²) in [5.74, 6) is 1.85. The molecule has 0 amide bonds. The lowest BCUT2D eigenvalue weighted by molar-refractivity contribution is 0.0949. The molecule has 174 valence electrons. The van der Waals surface area contributed by atoms with Gasteiger partial charge in [0.25, 0.3) is 0 Å². The van der Waals surface area contributed by atoms with Crippen LogP contribution in [0.4, 0.5) is 4.39 Å². The van der Waals surface area contributed by atoms with Crippen LogP contribution in [0.5, 0.6) is 11.5 Å². The summed E-state index contributed by atoms with van der Waals surface area (Å²) in [6.45, 7) is 8.08. The van der Waals surface area contributed by atoms with Crippen molar-refractivity contribution in [1.82, 2.24) is 4.90 Å². The highest BCUT2D eigenvalue weighted by Crippen LogP contribution is 2.44. The molecule has 0 unspecified atom stereocenters. The Hall–Kier alpha value is -3.44. The molecule has 0 spiro atoms. The van der Waals surface area contributed by atoms with E-state index in [0.717, 1.165) is 41.0 Å². The fraction of sp³-hybridized carbons (Fsp3) is 0.276. The van der Waals surface area contributed by atoms with Gasteiger partial charge in [-0.05, 0) is 65.8 Å². The summed E-state index contributed by atoms with van der Waals surface area (Å²) in [6.07, 6.45) is 2.60. The average Bonchev–Trinajstić information content (AvgIpc) is 3.16. The van der Waals surface area contributed by atoms with Crippen LogP contribution in [-0.4, -0.2) is 24.0 Å². The number of carbonyl (C=O) groups excluding carboxylic acids is 1. The Balaban J connectivity index is 1.37. The molecule has 0 N–H and O–H groups in total. The fourth-order valence-corrected chi connectivity index (χ4v) is 4.49. The summed E-state index contributed by atoms with van der Waals surface area (Å²) in [5, 5.41) is 0. The highest BCUT2D eigenvalue weighted by molar-refractivity contribution is 6.15. The van der Waals surface area contributed by atoms with Gasteiger partial charge in [-0.1, -0.05) is 50.2 Å². The average molecular weight is 458 g/mol. The van der Waals surface area contributed by atoms with Gasteiger partial charge in [0, 0.05) is 13.1 Å².